The summed E-state index contributed by atoms with van der Waals surface area (Å²) in [5, 5.41) is 0. The zero-order valence-electron chi connectivity index (χ0n) is 10.5. The number of nitrogens with zero attached hydrogens (tertiary/aromatic N) is 2. The van der Waals surface area contributed by atoms with Crippen LogP contribution in [0.15, 0.2) is 12.4 Å². The number of hydrogen-bond donors (Lipinski definition) is 0. The van der Waals surface area contributed by atoms with E-state index in [9.17, 15) is 8.42 Å². The Balaban J connectivity index is 2.05. The Hall–Kier alpha value is -1.17. The van der Waals surface area contributed by atoms with Crippen LogP contribution in [0.25, 0.3) is 0 Å². The van der Waals surface area contributed by atoms with Gasteiger partial charge in [-0.2, -0.15) is 8.42 Å². The molecule has 0 bridgehead atoms. The van der Waals surface area contributed by atoms with Crippen LogP contribution >= 0.6 is 0 Å². The monoisotopic (exact) mass is 270 g/mol. The maximum Gasteiger partial charge on any atom is 0.332 e. The molecule has 1 fully saturated rings. The first-order valence-electron chi connectivity index (χ1n) is 6.35. The van der Waals surface area contributed by atoms with Crippen molar-refractivity contribution in [2.45, 2.75) is 44.9 Å². The van der Waals surface area contributed by atoms with Crippen LogP contribution in [0, 0.1) is 0 Å². The van der Waals surface area contributed by atoms with Gasteiger partial charge >= 0.3 is 16.1 Å². The molecule has 0 radical (unpaired) electrons. The lowest BCUT2D eigenvalue weighted by atomic mass is 9.85. The zero-order chi connectivity index (χ0) is 13.0. The smallest absolute Gasteiger partial charge is 0.332 e. The number of hydrogen-bond acceptors (Lipinski definition) is 5. The lowest BCUT2D eigenvalue weighted by molar-refractivity contribution is 0.437. The molecule has 0 N–H and O–H groups in total. The molecule has 2 rings (SSSR count). The minimum absolute atomic E-state index is 0.0826. The van der Waals surface area contributed by atoms with Crippen molar-refractivity contribution in [3.8, 4) is 6.01 Å². The van der Waals surface area contributed by atoms with E-state index in [4.69, 9.17) is 4.18 Å². The molecule has 1 aliphatic rings. The largest absolute Gasteiger partial charge is 0.343 e. The molecule has 0 aromatic carbocycles. The lowest BCUT2D eigenvalue weighted by Crippen LogP contribution is -2.13. The summed E-state index contributed by atoms with van der Waals surface area (Å²) in [7, 11) is -3.54. The molecule has 6 heteroatoms. The number of aromatic nitrogens is 2. The van der Waals surface area contributed by atoms with Crippen LogP contribution in [0.1, 0.15) is 50.5 Å². The molecule has 1 aromatic rings. The molecule has 0 saturated heterocycles. The van der Waals surface area contributed by atoms with Crippen molar-refractivity contribution in [2.24, 2.45) is 0 Å². The summed E-state index contributed by atoms with van der Waals surface area (Å²) in [6.45, 7) is 1.52. The molecule has 1 heterocycles. The van der Waals surface area contributed by atoms with Crippen molar-refractivity contribution in [1.82, 2.24) is 9.97 Å². The highest BCUT2D eigenvalue weighted by molar-refractivity contribution is 7.87. The number of rotatable bonds is 4. The Morgan fingerprint density at radius 1 is 1.22 bits per heavy atom. The van der Waals surface area contributed by atoms with Gasteiger partial charge in [0.25, 0.3) is 0 Å². The van der Waals surface area contributed by atoms with Gasteiger partial charge < -0.3 is 4.18 Å². The van der Waals surface area contributed by atoms with Crippen molar-refractivity contribution in [3.05, 3.63) is 18.0 Å². The van der Waals surface area contributed by atoms with E-state index < -0.39 is 10.1 Å². The topological polar surface area (TPSA) is 69.2 Å². The molecular weight excluding hydrogens is 252 g/mol. The molecule has 5 nitrogen and oxygen atoms in total. The van der Waals surface area contributed by atoms with E-state index >= 15 is 0 Å². The first-order chi connectivity index (χ1) is 8.61. The summed E-state index contributed by atoms with van der Waals surface area (Å²) >= 11 is 0. The molecule has 0 unspecified atom stereocenters. The van der Waals surface area contributed by atoms with E-state index in [1.165, 1.54) is 26.2 Å². The second kappa shape index (κ2) is 5.65. The van der Waals surface area contributed by atoms with E-state index in [1.807, 2.05) is 0 Å². The minimum atomic E-state index is -3.54. The molecule has 18 heavy (non-hydrogen) atoms. The summed E-state index contributed by atoms with van der Waals surface area (Å²) in [6, 6.07) is -0.0867. The fraction of sp³-hybridized carbons (Fsp3) is 0.667. The summed E-state index contributed by atoms with van der Waals surface area (Å²) < 4.78 is 27.2. The molecular formula is C12H18N2O3S. The molecule has 0 amide bonds. The molecule has 1 aliphatic carbocycles. The highest BCUT2D eigenvalue weighted by Gasteiger charge is 2.17. The fourth-order valence-corrected chi connectivity index (χ4v) is 2.62. The third kappa shape index (κ3) is 3.41. The maximum absolute atomic E-state index is 11.3. The van der Waals surface area contributed by atoms with Crippen LogP contribution in [0.4, 0.5) is 0 Å². The molecule has 0 spiro atoms. The summed E-state index contributed by atoms with van der Waals surface area (Å²) in [5.74, 6) is 0.427. The van der Waals surface area contributed by atoms with Gasteiger partial charge in [-0.3, -0.25) is 0 Å². The Labute approximate surface area is 108 Å². The van der Waals surface area contributed by atoms with Crippen LogP contribution in [-0.4, -0.2) is 24.1 Å². The van der Waals surface area contributed by atoms with Crippen LogP contribution in [0.2, 0.25) is 0 Å². The van der Waals surface area contributed by atoms with E-state index in [0.29, 0.717) is 5.92 Å². The van der Waals surface area contributed by atoms with Gasteiger partial charge in [0.15, 0.2) is 0 Å². The normalized spacial score (nSPS) is 17.6. The fourth-order valence-electron chi connectivity index (χ4n) is 2.19. The van der Waals surface area contributed by atoms with Gasteiger partial charge in [0.05, 0.1) is 5.75 Å². The van der Waals surface area contributed by atoms with Crippen LogP contribution in [0.3, 0.4) is 0 Å². The summed E-state index contributed by atoms with van der Waals surface area (Å²) in [4.78, 5) is 7.95. The molecule has 0 atom stereocenters. The maximum atomic E-state index is 11.3. The van der Waals surface area contributed by atoms with Crippen LogP contribution in [0.5, 0.6) is 6.01 Å². The summed E-state index contributed by atoms with van der Waals surface area (Å²) in [5.41, 5.74) is 1.08. The highest BCUT2D eigenvalue weighted by Crippen LogP contribution is 2.32. The van der Waals surface area contributed by atoms with Crippen molar-refractivity contribution in [2.75, 3.05) is 5.75 Å². The lowest BCUT2D eigenvalue weighted by Gasteiger charge is -2.21. The second-order valence-electron chi connectivity index (χ2n) is 4.56. The first kappa shape index (κ1) is 13.3. The second-order valence-corrected chi connectivity index (χ2v) is 6.42. The van der Waals surface area contributed by atoms with Crippen molar-refractivity contribution in [3.63, 3.8) is 0 Å². The van der Waals surface area contributed by atoms with Crippen molar-refractivity contribution >= 4 is 10.1 Å². The minimum Gasteiger partial charge on any atom is -0.343 e. The van der Waals surface area contributed by atoms with Crippen LogP contribution in [-0.2, 0) is 10.1 Å². The quantitative estimate of drug-likeness (QED) is 0.785. The van der Waals surface area contributed by atoms with Crippen LogP contribution < -0.4 is 4.18 Å². The predicted octanol–water partition coefficient (Wildman–Crippen LogP) is 2.25. The van der Waals surface area contributed by atoms with Gasteiger partial charge in [-0.25, -0.2) is 9.97 Å². The average Bonchev–Trinajstić information content (AvgIpc) is 2.40. The summed E-state index contributed by atoms with van der Waals surface area (Å²) in [6.07, 6.45) is 9.48. The predicted molar refractivity (Wildman–Crippen MR) is 67.9 cm³/mol. The van der Waals surface area contributed by atoms with Gasteiger partial charge in [-0.05, 0) is 31.2 Å². The molecule has 0 aliphatic heterocycles. The van der Waals surface area contributed by atoms with Gasteiger partial charge in [-0.1, -0.05) is 19.3 Å². The Kier molecular flexibility index (Phi) is 4.16. The Morgan fingerprint density at radius 3 is 2.39 bits per heavy atom. The first-order valence-corrected chi connectivity index (χ1v) is 7.92. The molecule has 100 valence electrons. The van der Waals surface area contributed by atoms with E-state index in [1.54, 1.807) is 12.4 Å². The Morgan fingerprint density at radius 2 is 1.83 bits per heavy atom. The van der Waals surface area contributed by atoms with Crippen molar-refractivity contribution in [1.29, 1.82) is 0 Å². The van der Waals surface area contributed by atoms with Gasteiger partial charge in [0.1, 0.15) is 0 Å². The van der Waals surface area contributed by atoms with Gasteiger partial charge in [-0.15, -0.1) is 0 Å². The van der Waals surface area contributed by atoms with Gasteiger partial charge in [0, 0.05) is 12.4 Å². The van der Waals surface area contributed by atoms with E-state index in [-0.39, 0.29) is 11.8 Å². The highest BCUT2D eigenvalue weighted by atomic mass is 32.2. The molecule has 1 saturated carbocycles. The van der Waals surface area contributed by atoms with E-state index in [0.717, 1.165) is 18.4 Å². The zero-order valence-corrected chi connectivity index (χ0v) is 11.3. The SMILES string of the molecule is CCS(=O)(=O)Oc1ncc(C2CCCCC2)cn1. The Bertz CT molecular complexity index is 479. The third-order valence-electron chi connectivity index (χ3n) is 3.28. The standard InChI is InChI=1S/C12H18N2O3S/c1-2-18(15,16)17-12-13-8-11(9-14-12)10-6-4-3-5-7-10/h8-10H,2-7H2,1H3. The third-order valence-corrected chi connectivity index (χ3v) is 4.39. The van der Waals surface area contributed by atoms with Crippen molar-refractivity contribution < 1.29 is 12.6 Å². The van der Waals surface area contributed by atoms with E-state index in [2.05, 4.69) is 9.97 Å². The average molecular weight is 270 g/mol. The van der Waals surface area contributed by atoms with Gasteiger partial charge in [0.2, 0.25) is 0 Å². The molecule has 1 aromatic heterocycles.